The maximum Gasteiger partial charge on any atom is 0.258 e. The highest BCUT2D eigenvalue weighted by molar-refractivity contribution is 6.05. The third kappa shape index (κ3) is 2.42. The van der Waals surface area contributed by atoms with Gasteiger partial charge in [-0.25, -0.2) is 0 Å². The summed E-state index contributed by atoms with van der Waals surface area (Å²) in [6.07, 6.45) is 4.42. The number of amides is 1. The Labute approximate surface area is 118 Å². The monoisotopic (exact) mass is 267 g/mol. The maximum atomic E-state index is 12.5. The standard InChI is InChI=1S/C16H17N3O/c1-19(15-3-2-7-17-11-15)16(20)13-5-4-12-6-8-18-10-14(12)9-13/h2-5,7,9,11,18H,6,8,10H2,1H3. The highest BCUT2D eigenvalue weighted by Gasteiger charge is 2.16. The van der Waals surface area contributed by atoms with E-state index in [0.717, 1.165) is 30.8 Å². The Morgan fingerprint density at radius 1 is 1.30 bits per heavy atom. The Bertz CT molecular complexity index is 625. The molecule has 0 atom stereocenters. The number of hydrogen-bond donors (Lipinski definition) is 1. The van der Waals surface area contributed by atoms with Crippen molar-refractivity contribution in [2.24, 2.45) is 0 Å². The summed E-state index contributed by atoms with van der Waals surface area (Å²) in [4.78, 5) is 18.2. The van der Waals surface area contributed by atoms with E-state index in [2.05, 4.69) is 16.4 Å². The van der Waals surface area contributed by atoms with Crippen LogP contribution in [0.25, 0.3) is 0 Å². The van der Waals surface area contributed by atoms with Gasteiger partial charge < -0.3 is 10.2 Å². The molecule has 0 radical (unpaired) electrons. The van der Waals surface area contributed by atoms with Crippen molar-refractivity contribution in [3.63, 3.8) is 0 Å². The molecule has 2 aromatic rings. The van der Waals surface area contributed by atoms with Gasteiger partial charge in [0, 0.05) is 25.4 Å². The lowest BCUT2D eigenvalue weighted by Gasteiger charge is -2.20. The molecular formula is C16H17N3O. The minimum absolute atomic E-state index is 0.00799. The van der Waals surface area contributed by atoms with Crippen molar-refractivity contribution in [2.75, 3.05) is 18.5 Å². The molecule has 3 rings (SSSR count). The van der Waals surface area contributed by atoms with Crippen LogP contribution in [0.3, 0.4) is 0 Å². The number of carbonyl (C=O) groups is 1. The van der Waals surface area contributed by atoms with Gasteiger partial charge in [0.2, 0.25) is 0 Å². The van der Waals surface area contributed by atoms with Crippen molar-refractivity contribution in [3.05, 3.63) is 59.4 Å². The molecule has 0 bridgehead atoms. The summed E-state index contributed by atoms with van der Waals surface area (Å²) in [5.74, 6) is -0.00799. The highest BCUT2D eigenvalue weighted by Crippen LogP contribution is 2.19. The minimum atomic E-state index is -0.00799. The van der Waals surface area contributed by atoms with Crippen LogP contribution in [0.2, 0.25) is 0 Å². The Morgan fingerprint density at radius 3 is 3.00 bits per heavy atom. The third-order valence-electron chi connectivity index (χ3n) is 3.68. The van der Waals surface area contributed by atoms with Crippen molar-refractivity contribution in [2.45, 2.75) is 13.0 Å². The van der Waals surface area contributed by atoms with Crippen LogP contribution < -0.4 is 10.2 Å². The molecular weight excluding hydrogens is 250 g/mol. The summed E-state index contributed by atoms with van der Waals surface area (Å²) in [5, 5.41) is 3.33. The zero-order valence-corrected chi connectivity index (χ0v) is 11.5. The van der Waals surface area contributed by atoms with Gasteiger partial charge in [0.1, 0.15) is 0 Å². The molecule has 0 saturated heterocycles. The molecule has 1 aliphatic heterocycles. The van der Waals surface area contributed by atoms with Crippen molar-refractivity contribution >= 4 is 11.6 Å². The number of hydrogen-bond acceptors (Lipinski definition) is 3. The molecule has 2 heterocycles. The van der Waals surface area contributed by atoms with Crippen LogP contribution in [-0.2, 0) is 13.0 Å². The molecule has 1 amide bonds. The molecule has 102 valence electrons. The Hall–Kier alpha value is -2.20. The predicted octanol–water partition coefficient (Wildman–Crippen LogP) is 2.00. The predicted molar refractivity (Wildman–Crippen MR) is 78.8 cm³/mol. The molecule has 20 heavy (non-hydrogen) atoms. The van der Waals surface area contributed by atoms with Crippen LogP contribution in [0.1, 0.15) is 21.5 Å². The van der Waals surface area contributed by atoms with Crippen molar-refractivity contribution < 1.29 is 4.79 Å². The van der Waals surface area contributed by atoms with E-state index in [4.69, 9.17) is 0 Å². The number of fused-ring (bicyclic) bond motifs is 1. The fraction of sp³-hybridized carbons (Fsp3) is 0.250. The van der Waals surface area contributed by atoms with Crippen LogP contribution in [0, 0.1) is 0 Å². The summed E-state index contributed by atoms with van der Waals surface area (Å²) in [6.45, 7) is 1.85. The molecule has 1 aliphatic rings. The van der Waals surface area contributed by atoms with Gasteiger partial charge >= 0.3 is 0 Å². The first kappa shape index (κ1) is 12.8. The summed E-state index contributed by atoms with van der Waals surface area (Å²) < 4.78 is 0. The van der Waals surface area contributed by atoms with E-state index in [1.165, 1.54) is 11.1 Å². The van der Waals surface area contributed by atoms with E-state index in [0.29, 0.717) is 0 Å². The van der Waals surface area contributed by atoms with E-state index in [1.54, 1.807) is 24.3 Å². The number of nitrogens with zero attached hydrogens (tertiary/aromatic N) is 2. The van der Waals surface area contributed by atoms with Crippen molar-refractivity contribution in [1.29, 1.82) is 0 Å². The van der Waals surface area contributed by atoms with E-state index in [1.807, 2.05) is 24.3 Å². The van der Waals surface area contributed by atoms with Crippen LogP contribution in [0.5, 0.6) is 0 Å². The first-order chi connectivity index (χ1) is 9.75. The Balaban J connectivity index is 1.87. The topological polar surface area (TPSA) is 45.2 Å². The van der Waals surface area contributed by atoms with Crippen LogP contribution in [0.15, 0.2) is 42.7 Å². The van der Waals surface area contributed by atoms with Crippen LogP contribution in [0.4, 0.5) is 5.69 Å². The first-order valence-corrected chi connectivity index (χ1v) is 6.76. The summed E-state index contributed by atoms with van der Waals surface area (Å²) in [6, 6.07) is 9.69. The summed E-state index contributed by atoms with van der Waals surface area (Å²) in [5.41, 5.74) is 4.08. The van der Waals surface area contributed by atoms with E-state index in [-0.39, 0.29) is 5.91 Å². The molecule has 1 aromatic carbocycles. The van der Waals surface area contributed by atoms with Crippen LogP contribution >= 0.6 is 0 Å². The van der Waals surface area contributed by atoms with Gasteiger partial charge in [-0.15, -0.1) is 0 Å². The zero-order valence-electron chi connectivity index (χ0n) is 11.5. The average molecular weight is 267 g/mol. The van der Waals surface area contributed by atoms with Gasteiger partial charge in [0.25, 0.3) is 5.91 Å². The lowest BCUT2D eigenvalue weighted by molar-refractivity contribution is 0.0993. The highest BCUT2D eigenvalue weighted by atomic mass is 16.2. The summed E-state index contributed by atoms with van der Waals surface area (Å²) in [7, 11) is 1.77. The van der Waals surface area contributed by atoms with Gasteiger partial charge in [0.05, 0.1) is 11.9 Å². The largest absolute Gasteiger partial charge is 0.312 e. The minimum Gasteiger partial charge on any atom is -0.312 e. The second kappa shape index (κ2) is 5.43. The normalized spacial score (nSPS) is 13.7. The lowest BCUT2D eigenvalue weighted by Crippen LogP contribution is -2.28. The fourth-order valence-electron chi connectivity index (χ4n) is 2.48. The van der Waals surface area contributed by atoms with Crippen molar-refractivity contribution in [3.8, 4) is 0 Å². The second-order valence-corrected chi connectivity index (χ2v) is 4.99. The summed E-state index contributed by atoms with van der Waals surface area (Å²) >= 11 is 0. The van der Waals surface area contributed by atoms with Crippen LogP contribution in [-0.4, -0.2) is 24.5 Å². The van der Waals surface area contributed by atoms with Gasteiger partial charge in [-0.1, -0.05) is 6.07 Å². The maximum absolute atomic E-state index is 12.5. The molecule has 0 aliphatic carbocycles. The Morgan fingerprint density at radius 2 is 2.20 bits per heavy atom. The van der Waals surface area contributed by atoms with E-state index in [9.17, 15) is 4.79 Å². The quantitative estimate of drug-likeness (QED) is 0.905. The number of carbonyl (C=O) groups excluding carboxylic acids is 1. The number of anilines is 1. The number of nitrogens with one attached hydrogen (secondary N) is 1. The molecule has 4 heteroatoms. The van der Waals surface area contributed by atoms with Gasteiger partial charge in [0.15, 0.2) is 0 Å². The average Bonchev–Trinajstić information content (AvgIpc) is 2.54. The molecule has 0 saturated carbocycles. The number of benzene rings is 1. The van der Waals surface area contributed by atoms with E-state index < -0.39 is 0 Å². The molecule has 0 spiro atoms. The number of pyridine rings is 1. The smallest absolute Gasteiger partial charge is 0.258 e. The number of aromatic nitrogens is 1. The molecule has 0 fully saturated rings. The molecule has 0 unspecified atom stereocenters. The van der Waals surface area contributed by atoms with Crippen molar-refractivity contribution in [1.82, 2.24) is 10.3 Å². The zero-order chi connectivity index (χ0) is 13.9. The fourth-order valence-corrected chi connectivity index (χ4v) is 2.48. The van der Waals surface area contributed by atoms with Gasteiger partial charge in [-0.05, 0) is 48.4 Å². The lowest BCUT2D eigenvalue weighted by atomic mass is 9.98. The van der Waals surface area contributed by atoms with Gasteiger partial charge in [-0.2, -0.15) is 0 Å². The molecule has 4 nitrogen and oxygen atoms in total. The third-order valence-corrected chi connectivity index (χ3v) is 3.68. The Kier molecular flexibility index (Phi) is 3.48. The second-order valence-electron chi connectivity index (χ2n) is 4.99. The molecule has 1 aromatic heterocycles. The molecule has 1 N–H and O–H groups in total. The van der Waals surface area contributed by atoms with E-state index >= 15 is 0 Å². The van der Waals surface area contributed by atoms with Gasteiger partial charge in [-0.3, -0.25) is 9.78 Å². The first-order valence-electron chi connectivity index (χ1n) is 6.76. The SMILES string of the molecule is CN(C(=O)c1ccc2c(c1)CNCC2)c1cccnc1. The number of rotatable bonds is 2.